The van der Waals surface area contributed by atoms with Crippen molar-refractivity contribution < 1.29 is 14.8 Å². The number of fused-ring (bicyclic) bond motifs is 1. The van der Waals surface area contributed by atoms with Gasteiger partial charge in [0.25, 0.3) is 11.6 Å². The molecule has 0 aliphatic carbocycles. The summed E-state index contributed by atoms with van der Waals surface area (Å²) in [6.07, 6.45) is 1.39. The number of aromatic hydroxyl groups is 1. The van der Waals surface area contributed by atoms with Crippen LogP contribution in [-0.4, -0.2) is 22.2 Å². The first-order chi connectivity index (χ1) is 11.9. The Bertz CT molecular complexity index is 1020. The summed E-state index contributed by atoms with van der Waals surface area (Å²) in [6.45, 7) is 0. The molecule has 0 saturated carbocycles. The second-order valence-electron chi connectivity index (χ2n) is 5.00. The molecule has 0 aliphatic heterocycles. The maximum Gasteiger partial charge on any atom is 0.281 e. The van der Waals surface area contributed by atoms with Crippen LogP contribution in [0.1, 0.15) is 15.2 Å². The molecular formula is C16H10ClN3O4S. The number of amides is 1. The Kier molecular flexibility index (Phi) is 4.64. The Morgan fingerprint density at radius 2 is 2.08 bits per heavy atom. The average Bonchev–Trinajstić information content (AvgIpc) is 3.01. The zero-order chi connectivity index (χ0) is 18.0. The molecule has 3 aromatic rings. The molecule has 0 unspecified atom stereocenters. The molecule has 1 amide bonds. The Hall–Kier alpha value is -2.97. The molecule has 1 aromatic heterocycles. The average molecular weight is 376 g/mol. The third-order valence-corrected chi connectivity index (χ3v) is 4.70. The van der Waals surface area contributed by atoms with Gasteiger partial charge in [0.1, 0.15) is 5.75 Å². The number of nitro groups is 1. The third-order valence-electron chi connectivity index (χ3n) is 3.29. The van der Waals surface area contributed by atoms with Gasteiger partial charge in [-0.3, -0.25) is 14.9 Å². The van der Waals surface area contributed by atoms with Crippen molar-refractivity contribution in [3.05, 3.63) is 68.0 Å². The first-order valence-corrected chi connectivity index (χ1v) is 8.13. The van der Waals surface area contributed by atoms with Crippen LogP contribution in [0.3, 0.4) is 0 Å². The van der Waals surface area contributed by atoms with Crippen molar-refractivity contribution in [2.45, 2.75) is 0 Å². The van der Waals surface area contributed by atoms with Crippen molar-refractivity contribution in [2.75, 3.05) is 0 Å². The summed E-state index contributed by atoms with van der Waals surface area (Å²) in [7, 11) is 0. The molecule has 9 heteroatoms. The lowest BCUT2D eigenvalue weighted by atomic mass is 10.2. The minimum atomic E-state index is -0.482. The number of carbonyl (C=O) groups is 1. The van der Waals surface area contributed by atoms with Crippen LogP contribution < -0.4 is 5.43 Å². The van der Waals surface area contributed by atoms with Crippen LogP contribution in [0.15, 0.2) is 47.6 Å². The van der Waals surface area contributed by atoms with Gasteiger partial charge >= 0.3 is 0 Å². The monoisotopic (exact) mass is 375 g/mol. The lowest BCUT2D eigenvalue weighted by molar-refractivity contribution is -0.384. The molecule has 0 spiro atoms. The third kappa shape index (κ3) is 3.76. The molecule has 0 aliphatic rings. The van der Waals surface area contributed by atoms with Gasteiger partial charge in [-0.1, -0.05) is 11.6 Å². The molecule has 0 saturated heterocycles. The van der Waals surface area contributed by atoms with Gasteiger partial charge in [0, 0.05) is 22.2 Å². The molecular weight excluding hydrogens is 366 g/mol. The standard InChI is InChI=1S/C16H10ClN3O4S/c17-12-5-9(1-3-13(12)21)8-18-19-16(22)15-7-10-6-11(20(23)24)2-4-14(10)25-15/h1-8,21H,(H,19,22)/b18-8+. The largest absolute Gasteiger partial charge is 0.506 e. The maximum atomic E-state index is 12.1. The van der Waals surface area contributed by atoms with Gasteiger partial charge in [0.15, 0.2) is 0 Å². The van der Waals surface area contributed by atoms with Crippen LogP contribution >= 0.6 is 22.9 Å². The van der Waals surface area contributed by atoms with Crippen molar-refractivity contribution >= 4 is 50.8 Å². The van der Waals surface area contributed by atoms with E-state index in [1.807, 2.05) is 0 Å². The number of rotatable bonds is 4. The number of nitrogens with one attached hydrogen (secondary N) is 1. The van der Waals surface area contributed by atoms with E-state index in [1.165, 1.54) is 41.8 Å². The second-order valence-corrected chi connectivity index (χ2v) is 6.49. The highest BCUT2D eigenvalue weighted by Crippen LogP contribution is 2.29. The number of thiophene rings is 1. The highest BCUT2D eigenvalue weighted by molar-refractivity contribution is 7.20. The highest BCUT2D eigenvalue weighted by Gasteiger charge is 2.12. The van der Waals surface area contributed by atoms with Crippen LogP contribution in [0.5, 0.6) is 5.75 Å². The van der Waals surface area contributed by atoms with Crippen LogP contribution in [0.2, 0.25) is 5.02 Å². The SMILES string of the molecule is O=C(N/N=C/c1ccc(O)c(Cl)c1)c1cc2cc([N+](=O)[O-])ccc2s1. The summed E-state index contributed by atoms with van der Waals surface area (Å²) >= 11 is 7.00. The van der Waals surface area contributed by atoms with E-state index in [0.717, 1.165) is 4.70 Å². The molecule has 2 aromatic carbocycles. The minimum Gasteiger partial charge on any atom is -0.506 e. The molecule has 2 N–H and O–H groups in total. The second kappa shape index (κ2) is 6.88. The zero-order valence-corrected chi connectivity index (χ0v) is 14.0. The Balaban J connectivity index is 1.74. The molecule has 0 bridgehead atoms. The van der Waals surface area contributed by atoms with Crippen molar-refractivity contribution in [3.8, 4) is 5.75 Å². The van der Waals surface area contributed by atoms with Gasteiger partial charge in [0.2, 0.25) is 0 Å². The van der Waals surface area contributed by atoms with E-state index >= 15 is 0 Å². The van der Waals surface area contributed by atoms with Crippen molar-refractivity contribution in [2.24, 2.45) is 5.10 Å². The zero-order valence-electron chi connectivity index (χ0n) is 12.5. The number of nitro benzene ring substituents is 1. The Morgan fingerprint density at radius 3 is 2.80 bits per heavy atom. The number of carbonyl (C=O) groups excluding carboxylic acids is 1. The number of phenolic OH excluding ortho intramolecular Hbond substituents is 1. The predicted molar refractivity (Wildman–Crippen MR) is 96.7 cm³/mol. The van der Waals surface area contributed by atoms with E-state index in [0.29, 0.717) is 15.8 Å². The molecule has 25 heavy (non-hydrogen) atoms. The van der Waals surface area contributed by atoms with E-state index in [9.17, 15) is 20.0 Å². The van der Waals surface area contributed by atoms with E-state index < -0.39 is 10.8 Å². The fourth-order valence-corrected chi connectivity index (χ4v) is 3.20. The fourth-order valence-electron chi connectivity index (χ4n) is 2.08. The number of non-ortho nitro benzene ring substituents is 1. The number of phenols is 1. The first-order valence-electron chi connectivity index (χ1n) is 6.94. The lowest BCUT2D eigenvalue weighted by Gasteiger charge is -1.98. The van der Waals surface area contributed by atoms with E-state index in [2.05, 4.69) is 10.5 Å². The topological polar surface area (TPSA) is 105 Å². The number of hydrazone groups is 1. The molecule has 7 nitrogen and oxygen atoms in total. The number of nitrogens with zero attached hydrogens (tertiary/aromatic N) is 2. The van der Waals surface area contributed by atoms with Crippen molar-refractivity contribution in [3.63, 3.8) is 0 Å². The van der Waals surface area contributed by atoms with E-state index in [4.69, 9.17) is 11.6 Å². The lowest BCUT2D eigenvalue weighted by Crippen LogP contribution is -2.16. The maximum absolute atomic E-state index is 12.1. The van der Waals surface area contributed by atoms with Gasteiger partial charge in [-0.15, -0.1) is 11.3 Å². The van der Waals surface area contributed by atoms with Crippen LogP contribution in [0, 0.1) is 10.1 Å². The smallest absolute Gasteiger partial charge is 0.281 e. The predicted octanol–water partition coefficient (Wildman–Crippen LogP) is 3.93. The van der Waals surface area contributed by atoms with Crippen LogP contribution in [0.25, 0.3) is 10.1 Å². The quantitative estimate of drug-likeness (QED) is 0.409. The van der Waals surface area contributed by atoms with Crippen LogP contribution in [0.4, 0.5) is 5.69 Å². The van der Waals surface area contributed by atoms with E-state index in [-0.39, 0.29) is 16.5 Å². The van der Waals surface area contributed by atoms with Gasteiger partial charge in [-0.25, -0.2) is 5.43 Å². The van der Waals surface area contributed by atoms with Crippen molar-refractivity contribution in [1.82, 2.24) is 5.43 Å². The van der Waals surface area contributed by atoms with Crippen LogP contribution in [-0.2, 0) is 0 Å². The fraction of sp³-hybridized carbons (Fsp3) is 0. The molecule has 126 valence electrons. The normalized spacial score (nSPS) is 11.1. The molecule has 0 atom stereocenters. The van der Waals surface area contributed by atoms with E-state index in [1.54, 1.807) is 18.2 Å². The highest BCUT2D eigenvalue weighted by atomic mass is 35.5. The Morgan fingerprint density at radius 1 is 1.28 bits per heavy atom. The first kappa shape index (κ1) is 16.9. The Labute approximate surface area is 150 Å². The molecule has 0 fully saturated rings. The molecule has 0 radical (unpaired) electrons. The van der Waals surface area contributed by atoms with Gasteiger partial charge in [-0.2, -0.15) is 5.10 Å². The summed E-state index contributed by atoms with van der Waals surface area (Å²) in [5, 5.41) is 24.8. The summed E-state index contributed by atoms with van der Waals surface area (Å²) in [5.41, 5.74) is 2.96. The summed E-state index contributed by atoms with van der Waals surface area (Å²) < 4.78 is 0.769. The van der Waals surface area contributed by atoms with Gasteiger partial charge in [-0.05, 0) is 35.9 Å². The summed E-state index contributed by atoms with van der Waals surface area (Å²) in [6, 6.07) is 10.5. The number of halogens is 1. The number of hydrogen-bond acceptors (Lipinski definition) is 6. The minimum absolute atomic E-state index is 0.0283. The summed E-state index contributed by atoms with van der Waals surface area (Å²) in [4.78, 5) is 22.8. The van der Waals surface area contributed by atoms with Crippen molar-refractivity contribution in [1.29, 1.82) is 0 Å². The number of hydrogen-bond donors (Lipinski definition) is 2. The molecule has 1 heterocycles. The molecule has 3 rings (SSSR count). The number of benzene rings is 2. The summed E-state index contributed by atoms with van der Waals surface area (Å²) in [5.74, 6) is -0.466. The van der Waals surface area contributed by atoms with Gasteiger partial charge in [0.05, 0.1) is 21.0 Å². The van der Waals surface area contributed by atoms with Gasteiger partial charge < -0.3 is 5.11 Å².